The van der Waals surface area contributed by atoms with Crippen LogP contribution in [0.25, 0.3) is 10.9 Å². The molecule has 0 bridgehead atoms. The lowest BCUT2D eigenvalue weighted by Crippen LogP contribution is -1.85. The molecule has 2 N–H and O–H groups in total. The first kappa shape index (κ1) is 8.78. The van der Waals surface area contributed by atoms with E-state index in [1.807, 2.05) is 19.1 Å². The summed E-state index contributed by atoms with van der Waals surface area (Å²) in [7, 11) is 0. The van der Waals surface area contributed by atoms with Crippen LogP contribution in [0.4, 0.5) is 0 Å². The fraction of sp³-hybridized carbons (Fsp3) is 0.200. The Morgan fingerprint density at radius 2 is 2.15 bits per heavy atom. The van der Waals surface area contributed by atoms with Crippen molar-refractivity contribution in [1.29, 1.82) is 0 Å². The molecule has 68 valence electrons. The lowest BCUT2D eigenvalue weighted by atomic mass is 10.1. The maximum absolute atomic E-state index is 9.13. The van der Waals surface area contributed by atoms with Crippen molar-refractivity contribution in [2.45, 2.75) is 13.5 Å². The van der Waals surface area contributed by atoms with Gasteiger partial charge in [-0.2, -0.15) is 0 Å². The van der Waals surface area contributed by atoms with Gasteiger partial charge in [-0.25, -0.2) is 0 Å². The second-order valence-corrected chi connectivity index (χ2v) is 4.06. The van der Waals surface area contributed by atoms with Crippen LogP contribution >= 0.6 is 15.9 Å². The Hall–Kier alpha value is -0.800. The first-order valence-corrected chi connectivity index (χ1v) is 4.88. The van der Waals surface area contributed by atoms with Crippen molar-refractivity contribution in [3.8, 4) is 0 Å². The van der Waals surface area contributed by atoms with Gasteiger partial charge in [0.25, 0.3) is 0 Å². The largest absolute Gasteiger partial charge is 0.392 e. The van der Waals surface area contributed by atoms with E-state index in [-0.39, 0.29) is 6.61 Å². The van der Waals surface area contributed by atoms with Crippen LogP contribution in [0, 0.1) is 6.92 Å². The van der Waals surface area contributed by atoms with Gasteiger partial charge in [0.05, 0.1) is 12.1 Å². The summed E-state index contributed by atoms with van der Waals surface area (Å²) in [4.78, 5) is 3.22. The number of fused-ring (bicyclic) bond motifs is 1. The number of aliphatic hydroxyl groups is 1. The summed E-state index contributed by atoms with van der Waals surface area (Å²) in [6, 6.07) is 6.04. The molecule has 2 rings (SSSR count). The van der Waals surface area contributed by atoms with Crippen LogP contribution in [0.1, 0.15) is 11.3 Å². The highest BCUT2D eigenvalue weighted by Crippen LogP contribution is 2.24. The number of benzene rings is 1. The molecule has 1 heterocycles. The Bertz CT molecular complexity index is 447. The van der Waals surface area contributed by atoms with E-state index in [9.17, 15) is 0 Å². The van der Waals surface area contributed by atoms with E-state index in [2.05, 4.69) is 27.0 Å². The lowest BCUT2D eigenvalue weighted by Gasteiger charge is -1.99. The minimum Gasteiger partial charge on any atom is -0.392 e. The monoisotopic (exact) mass is 239 g/mol. The Kier molecular flexibility index (Phi) is 2.14. The van der Waals surface area contributed by atoms with Crippen LogP contribution in [0.2, 0.25) is 0 Å². The molecule has 0 saturated carbocycles. The van der Waals surface area contributed by atoms with Gasteiger partial charge in [0.15, 0.2) is 0 Å². The van der Waals surface area contributed by atoms with Crippen molar-refractivity contribution in [3.05, 3.63) is 33.9 Å². The van der Waals surface area contributed by atoms with Gasteiger partial charge in [0.1, 0.15) is 0 Å². The minimum atomic E-state index is 0.0654. The van der Waals surface area contributed by atoms with Gasteiger partial charge in [-0.15, -0.1) is 0 Å². The van der Waals surface area contributed by atoms with Crippen molar-refractivity contribution in [2.75, 3.05) is 0 Å². The molecule has 0 unspecified atom stereocenters. The van der Waals surface area contributed by atoms with E-state index in [0.29, 0.717) is 0 Å². The average molecular weight is 240 g/mol. The zero-order chi connectivity index (χ0) is 9.42. The molecule has 0 radical (unpaired) electrons. The van der Waals surface area contributed by atoms with E-state index in [1.165, 1.54) is 0 Å². The number of aliphatic hydroxyl groups excluding tert-OH is 1. The van der Waals surface area contributed by atoms with Crippen LogP contribution in [-0.2, 0) is 6.61 Å². The van der Waals surface area contributed by atoms with E-state index in [0.717, 1.165) is 26.6 Å². The highest BCUT2D eigenvalue weighted by molar-refractivity contribution is 9.10. The molecule has 0 saturated heterocycles. The summed E-state index contributed by atoms with van der Waals surface area (Å²) in [5, 5.41) is 10.3. The number of hydrogen-bond donors (Lipinski definition) is 2. The maximum atomic E-state index is 9.13. The van der Waals surface area contributed by atoms with Gasteiger partial charge < -0.3 is 10.1 Å². The zero-order valence-electron chi connectivity index (χ0n) is 7.26. The van der Waals surface area contributed by atoms with Crippen molar-refractivity contribution < 1.29 is 5.11 Å². The second kappa shape index (κ2) is 3.16. The first-order chi connectivity index (χ1) is 6.20. The van der Waals surface area contributed by atoms with Gasteiger partial charge >= 0.3 is 0 Å². The number of halogens is 1. The van der Waals surface area contributed by atoms with E-state index in [4.69, 9.17) is 5.11 Å². The van der Waals surface area contributed by atoms with Gasteiger partial charge in [-0.1, -0.05) is 15.9 Å². The summed E-state index contributed by atoms with van der Waals surface area (Å²) < 4.78 is 1.00. The van der Waals surface area contributed by atoms with E-state index < -0.39 is 0 Å². The fourth-order valence-corrected chi connectivity index (χ4v) is 2.07. The van der Waals surface area contributed by atoms with Crippen LogP contribution < -0.4 is 0 Å². The summed E-state index contributed by atoms with van der Waals surface area (Å²) in [5.74, 6) is 0. The first-order valence-electron chi connectivity index (χ1n) is 4.09. The van der Waals surface area contributed by atoms with Crippen molar-refractivity contribution >= 4 is 26.8 Å². The summed E-state index contributed by atoms with van der Waals surface area (Å²) >= 11 is 3.41. The van der Waals surface area contributed by atoms with Crippen molar-refractivity contribution in [2.24, 2.45) is 0 Å². The Labute approximate surface area is 84.7 Å². The number of hydrogen-bond acceptors (Lipinski definition) is 1. The normalized spacial score (nSPS) is 11.0. The van der Waals surface area contributed by atoms with Gasteiger partial charge in [0.2, 0.25) is 0 Å². The molecule has 0 aliphatic rings. The SMILES string of the molecule is Cc1cc2cc(Br)cc(CO)c2[nH]1. The number of aryl methyl sites for hydroxylation is 1. The molecule has 0 atom stereocenters. The Morgan fingerprint density at radius 3 is 2.85 bits per heavy atom. The summed E-state index contributed by atoms with van der Waals surface area (Å²) in [6.07, 6.45) is 0. The van der Waals surface area contributed by atoms with Gasteiger partial charge in [-0.05, 0) is 25.1 Å². The smallest absolute Gasteiger partial charge is 0.0702 e. The highest BCUT2D eigenvalue weighted by atomic mass is 79.9. The molecule has 0 amide bonds. The minimum absolute atomic E-state index is 0.0654. The molecule has 1 aromatic heterocycles. The number of nitrogens with one attached hydrogen (secondary N) is 1. The van der Waals surface area contributed by atoms with Crippen LogP contribution in [0.3, 0.4) is 0 Å². The quantitative estimate of drug-likeness (QED) is 0.789. The molecule has 13 heavy (non-hydrogen) atoms. The van der Waals surface area contributed by atoms with Crippen molar-refractivity contribution in [1.82, 2.24) is 4.98 Å². The van der Waals surface area contributed by atoms with Gasteiger partial charge in [-0.3, -0.25) is 0 Å². The summed E-state index contributed by atoms with van der Waals surface area (Å²) in [6.45, 7) is 2.07. The Morgan fingerprint density at radius 1 is 1.38 bits per heavy atom. The van der Waals surface area contributed by atoms with Crippen LogP contribution in [0.5, 0.6) is 0 Å². The molecular weight excluding hydrogens is 230 g/mol. The Balaban J connectivity index is 2.80. The predicted octanol–water partition coefficient (Wildman–Crippen LogP) is 2.73. The van der Waals surface area contributed by atoms with E-state index in [1.54, 1.807) is 0 Å². The lowest BCUT2D eigenvalue weighted by molar-refractivity contribution is 0.283. The molecule has 0 aliphatic heterocycles. The van der Waals surface area contributed by atoms with Crippen LogP contribution in [-0.4, -0.2) is 10.1 Å². The highest BCUT2D eigenvalue weighted by Gasteiger charge is 2.04. The number of aromatic amines is 1. The number of rotatable bonds is 1. The molecule has 0 aliphatic carbocycles. The van der Waals surface area contributed by atoms with Crippen molar-refractivity contribution in [3.63, 3.8) is 0 Å². The molecular formula is C10H10BrNO. The molecule has 3 heteroatoms. The fourth-order valence-electron chi connectivity index (χ4n) is 1.54. The maximum Gasteiger partial charge on any atom is 0.0702 e. The molecule has 1 aromatic carbocycles. The third kappa shape index (κ3) is 1.49. The zero-order valence-corrected chi connectivity index (χ0v) is 8.85. The molecule has 2 nitrogen and oxygen atoms in total. The predicted molar refractivity (Wildman–Crippen MR) is 56.7 cm³/mol. The number of aromatic nitrogens is 1. The third-order valence-electron chi connectivity index (χ3n) is 2.08. The second-order valence-electron chi connectivity index (χ2n) is 3.14. The summed E-state index contributed by atoms with van der Waals surface area (Å²) in [5.41, 5.74) is 3.07. The third-order valence-corrected chi connectivity index (χ3v) is 2.54. The van der Waals surface area contributed by atoms with E-state index >= 15 is 0 Å². The van der Waals surface area contributed by atoms with Crippen LogP contribution in [0.15, 0.2) is 22.7 Å². The molecule has 0 fully saturated rings. The topological polar surface area (TPSA) is 36.0 Å². The standard InChI is InChI=1S/C10H10BrNO/c1-6-2-7-3-9(11)4-8(5-13)10(7)12-6/h2-4,12-13H,5H2,1H3. The average Bonchev–Trinajstić information content (AvgIpc) is 2.43. The number of H-pyrrole nitrogens is 1. The molecule has 0 spiro atoms. The van der Waals surface area contributed by atoms with Gasteiger partial charge in [0, 0.05) is 21.1 Å². The molecule has 2 aromatic rings.